The Morgan fingerprint density at radius 1 is 1.44 bits per heavy atom. The first kappa shape index (κ1) is 14.2. The molecule has 1 aromatic carbocycles. The van der Waals surface area contributed by atoms with Crippen LogP contribution in [0.5, 0.6) is 0 Å². The Morgan fingerprint density at radius 2 is 2.06 bits per heavy atom. The van der Waals surface area contributed by atoms with Gasteiger partial charge in [-0.25, -0.2) is 0 Å². The highest BCUT2D eigenvalue weighted by Crippen LogP contribution is 2.13. The van der Waals surface area contributed by atoms with Gasteiger partial charge in [-0.15, -0.1) is 0 Å². The first-order chi connectivity index (χ1) is 8.56. The van der Waals surface area contributed by atoms with Crippen molar-refractivity contribution >= 4 is 5.91 Å². The summed E-state index contributed by atoms with van der Waals surface area (Å²) in [6, 6.07) is 9.10. The molecule has 0 spiro atoms. The number of rotatable bonds is 5. The number of amides is 1. The van der Waals surface area contributed by atoms with E-state index in [4.69, 9.17) is 11.0 Å². The first-order valence-corrected chi connectivity index (χ1v) is 6.11. The number of nitrogens with two attached hydrogens (primary N) is 1. The minimum absolute atomic E-state index is 0.0405. The van der Waals surface area contributed by atoms with E-state index in [-0.39, 0.29) is 18.0 Å². The largest absolute Gasteiger partial charge is 0.350 e. The van der Waals surface area contributed by atoms with E-state index < -0.39 is 0 Å². The molecule has 2 atom stereocenters. The Morgan fingerprint density at radius 3 is 2.56 bits per heavy atom. The van der Waals surface area contributed by atoms with Crippen LogP contribution in [0.4, 0.5) is 0 Å². The van der Waals surface area contributed by atoms with Crippen molar-refractivity contribution in [1.82, 2.24) is 5.32 Å². The van der Waals surface area contributed by atoms with Gasteiger partial charge in [0.15, 0.2) is 0 Å². The summed E-state index contributed by atoms with van der Waals surface area (Å²) >= 11 is 0. The zero-order chi connectivity index (χ0) is 13.5. The Labute approximate surface area is 108 Å². The molecule has 0 aliphatic carbocycles. The zero-order valence-corrected chi connectivity index (χ0v) is 10.8. The molecule has 0 saturated heterocycles. The van der Waals surface area contributed by atoms with Crippen LogP contribution in [0.15, 0.2) is 24.3 Å². The van der Waals surface area contributed by atoms with Gasteiger partial charge in [-0.3, -0.25) is 4.79 Å². The Hall–Kier alpha value is -1.86. The van der Waals surface area contributed by atoms with E-state index >= 15 is 0 Å². The second-order valence-corrected chi connectivity index (χ2v) is 4.40. The lowest BCUT2D eigenvalue weighted by molar-refractivity contribution is -0.122. The Balaban J connectivity index is 2.56. The molecule has 3 N–H and O–H groups in total. The summed E-state index contributed by atoms with van der Waals surface area (Å²) in [7, 11) is 0. The number of benzene rings is 1. The highest BCUT2D eigenvalue weighted by molar-refractivity contribution is 5.77. The molecular formula is C14H19N3O. The molecule has 4 heteroatoms. The fourth-order valence-electron chi connectivity index (χ4n) is 1.61. The zero-order valence-electron chi connectivity index (χ0n) is 10.8. The first-order valence-electron chi connectivity index (χ1n) is 6.11. The van der Waals surface area contributed by atoms with Gasteiger partial charge in [0.2, 0.25) is 5.91 Å². The summed E-state index contributed by atoms with van der Waals surface area (Å²) in [5.74, 6) is -0.0405. The predicted molar refractivity (Wildman–Crippen MR) is 70.6 cm³/mol. The van der Waals surface area contributed by atoms with Crippen molar-refractivity contribution in [3.63, 3.8) is 0 Å². The molecule has 0 saturated carbocycles. The minimum atomic E-state index is -0.0850. The topological polar surface area (TPSA) is 78.9 Å². The van der Waals surface area contributed by atoms with Gasteiger partial charge in [0.25, 0.3) is 0 Å². The fourth-order valence-corrected chi connectivity index (χ4v) is 1.61. The maximum absolute atomic E-state index is 11.7. The maximum Gasteiger partial charge on any atom is 0.222 e. The van der Waals surface area contributed by atoms with Crippen LogP contribution in [-0.4, -0.2) is 11.9 Å². The van der Waals surface area contributed by atoms with Crippen LogP contribution in [-0.2, 0) is 4.79 Å². The van der Waals surface area contributed by atoms with Crippen molar-refractivity contribution < 1.29 is 4.79 Å². The van der Waals surface area contributed by atoms with Crippen LogP contribution in [0.3, 0.4) is 0 Å². The second-order valence-electron chi connectivity index (χ2n) is 4.40. The molecular weight excluding hydrogens is 226 g/mol. The number of carbonyl (C=O) groups excluding carboxylic acids is 1. The normalized spacial score (nSPS) is 13.4. The lowest BCUT2D eigenvalue weighted by atomic mass is 10.1. The third kappa shape index (κ3) is 4.19. The summed E-state index contributed by atoms with van der Waals surface area (Å²) in [5.41, 5.74) is 7.32. The molecule has 1 amide bonds. The summed E-state index contributed by atoms with van der Waals surface area (Å²) < 4.78 is 0. The van der Waals surface area contributed by atoms with Crippen molar-refractivity contribution in [2.24, 2.45) is 5.73 Å². The van der Waals surface area contributed by atoms with Crippen molar-refractivity contribution in [2.75, 3.05) is 0 Å². The van der Waals surface area contributed by atoms with Crippen molar-refractivity contribution in [3.8, 4) is 6.07 Å². The van der Waals surface area contributed by atoms with Gasteiger partial charge in [-0.2, -0.15) is 5.26 Å². The number of hydrogen-bond acceptors (Lipinski definition) is 3. The van der Waals surface area contributed by atoms with E-state index in [1.165, 1.54) is 0 Å². The molecule has 0 aliphatic rings. The molecule has 18 heavy (non-hydrogen) atoms. The van der Waals surface area contributed by atoms with Crippen molar-refractivity contribution in [2.45, 2.75) is 38.8 Å². The molecule has 0 heterocycles. The summed E-state index contributed by atoms with van der Waals surface area (Å²) in [6.45, 7) is 3.87. The molecule has 0 aromatic heterocycles. The number of nitrogens with one attached hydrogen (secondary N) is 1. The van der Waals surface area contributed by atoms with Crippen LogP contribution < -0.4 is 11.1 Å². The summed E-state index contributed by atoms with van der Waals surface area (Å²) in [4.78, 5) is 11.7. The van der Waals surface area contributed by atoms with E-state index in [0.29, 0.717) is 12.0 Å². The third-order valence-electron chi connectivity index (χ3n) is 2.89. The minimum Gasteiger partial charge on any atom is -0.350 e. The van der Waals surface area contributed by atoms with E-state index in [0.717, 1.165) is 12.0 Å². The number of nitriles is 1. The van der Waals surface area contributed by atoms with Crippen LogP contribution in [0, 0.1) is 11.3 Å². The average molecular weight is 245 g/mol. The molecule has 0 aliphatic heterocycles. The SMILES string of the molecule is CCC(N)CC(=O)NC(C)c1ccc(C#N)cc1. The van der Waals surface area contributed by atoms with Crippen LogP contribution in [0.2, 0.25) is 0 Å². The average Bonchev–Trinajstić information content (AvgIpc) is 2.38. The fraction of sp³-hybridized carbons (Fsp3) is 0.429. The van der Waals surface area contributed by atoms with E-state index in [2.05, 4.69) is 11.4 Å². The van der Waals surface area contributed by atoms with E-state index in [1.807, 2.05) is 26.0 Å². The summed E-state index contributed by atoms with van der Waals surface area (Å²) in [6.07, 6.45) is 1.13. The molecule has 2 unspecified atom stereocenters. The lowest BCUT2D eigenvalue weighted by Gasteiger charge is -2.16. The molecule has 4 nitrogen and oxygen atoms in total. The Bertz CT molecular complexity index is 433. The van der Waals surface area contributed by atoms with Gasteiger partial charge in [0.05, 0.1) is 17.7 Å². The quantitative estimate of drug-likeness (QED) is 0.831. The van der Waals surface area contributed by atoms with Gasteiger partial charge in [0, 0.05) is 12.5 Å². The van der Waals surface area contributed by atoms with E-state index in [9.17, 15) is 4.79 Å². The highest BCUT2D eigenvalue weighted by atomic mass is 16.1. The van der Waals surface area contributed by atoms with Crippen LogP contribution >= 0.6 is 0 Å². The monoisotopic (exact) mass is 245 g/mol. The Kier molecular flexibility index (Phi) is 5.34. The van der Waals surface area contributed by atoms with E-state index in [1.54, 1.807) is 12.1 Å². The third-order valence-corrected chi connectivity index (χ3v) is 2.89. The highest BCUT2D eigenvalue weighted by Gasteiger charge is 2.12. The smallest absolute Gasteiger partial charge is 0.222 e. The van der Waals surface area contributed by atoms with Crippen molar-refractivity contribution in [3.05, 3.63) is 35.4 Å². The number of nitrogens with zero attached hydrogens (tertiary/aromatic N) is 1. The van der Waals surface area contributed by atoms with Gasteiger partial charge in [0.1, 0.15) is 0 Å². The van der Waals surface area contributed by atoms with Gasteiger partial charge < -0.3 is 11.1 Å². The van der Waals surface area contributed by atoms with Gasteiger partial charge in [-0.05, 0) is 31.0 Å². The van der Waals surface area contributed by atoms with Gasteiger partial charge in [-0.1, -0.05) is 19.1 Å². The lowest BCUT2D eigenvalue weighted by Crippen LogP contribution is -2.32. The molecule has 1 rings (SSSR count). The molecule has 96 valence electrons. The maximum atomic E-state index is 11.7. The predicted octanol–water partition coefficient (Wildman–Crippen LogP) is 1.86. The summed E-state index contributed by atoms with van der Waals surface area (Å²) in [5, 5.41) is 11.6. The molecule has 1 aromatic rings. The number of hydrogen-bond donors (Lipinski definition) is 2. The number of carbonyl (C=O) groups is 1. The molecule has 0 fully saturated rings. The van der Waals surface area contributed by atoms with Gasteiger partial charge >= 0.3 is 0 Å². The van der Waals surface area contributed by atoms with Crippen LogP contribution in [0.25, 0.3) is 0 Å². The second kappa shape index (κ2) is 6.77. The van der Waals surface area contributed by atoms with Crippen molar-refractivity contribution in [1.29, 1.82) is 5.26 Å². The standard InChI is InChI=1S/C14H19N3O/c1-3-13(16)8-14(18)17-10(2)12-6-4-11(9-15)5-7-12/h4-7,10,13H,3,8,16H2,1-2H3,(H,17,18). The van der Waals surface area contributed by atoms with Crippen LogP contribution in [0.1, 0.15) is 43.9 Å². The molecule has 0 radical (unpaired) electrons. The molecule has 0 bridgehead atoms.